The van der Waals surface area contributed by atoms with Crippen molar-refractivity contribution in [1.29, 1.82) is 0 Å². The number of amides is 2. The third-order valence-electron chi connectivity index (χ3n) is 8.87. The molecule has 10 heteroatoms. The van der Waals surface area contributed by atoms with Gasteiger partial charge in [-0.3, -0.25) is 14.4 Å². The van der Waals surface area contributed by atoms with Crippen LogP contribution in [0.5, 0.6) is 5.75 Å². The minimum atomic E-state index is -0.485. The Balaban J connectivity index is 1.14. The molecule has 1 aromatic heterocycles. The zero-order valence-corrected chi connectivity index (χ0v) is 24.4. The monoisotopic (exact) mass is 573 g/mol. The summed E-state index contributed by atoms with van der Waals surface area (Å²) >= 11 is 0. The summed E-state index contributed by atoms with van der Waals surface area (Å²) in [5, 5.41) is 3.26. The van der Waals surface area contributed by atoms with Crippen molar-refractivity contribution in [2.45, 2.75) is 25.7 Å². The Morgan fingerprint density at radius 3 is 2.21 bits per heavy atom. The normalized spacial score (nSPS) is 18.5. The van der Waals surface area contributed by atoms with Gasteiger partial charge in [0.25, 0.3) is 5.91 Å². The molecule has 2 aliphatic heterocycles. The molecule has 2 amide bonds. The quantitative estimate of drug-likeness (QED) is 0.478. The van der Waals surface area contributed by atoms with E-state index in [1.165, 1.54) is 18.9 Å². The maximum atomic E-state index is 13.2. The van der Waals surface area contributed by atoms with Crippen LogP contribution >= 0.6 is 0 Å². The van der Waals surface area contributed by atoms with Crippen LogP contribution in [0.4, 0.5) is 17.1 Å². The standard InChI is InChI=1S/C32H39N5O5/c1-34-11-13-36(14-12-34)27-20-25(41-2)19-26-28(38)21-29(42-30(26)27)31(39)33-23-7-9-24(10-8-23)35-15-17-37(18-16-35)32(40)22-5-3-4-6-22/h7-10,19-22H,3-6,11-18H2,1-2H3,(H,33,39). The zero-order chi connectivity index (χ0) is 29.2. The van der Waals surface area contributed by atoms with Crippen molar-refractivity contribution in [2.75, 3.05) is 81.6 Å². The highest BCUT2D eigenvalue weighted by atomic mass is 16.5. The van der Waals surface area contributed by atoms with E-state index in [-0.39, 0.29) is 17.1 Å². The van der Waals surface area contributed by atoms with Gasteiger partial charge in [-0.15, -0.1) is 0 Å². The predicted molar refractivity (Wildman–Crippen MR) is 164 cm³/mol. The molecular formula is C32H39N5O5. The van der Waals surface area contributed by atoms with Gasteiger partial charge in [0.05, 0.1) is 18.2 Å². The number of rotatable bonds is 6. The molecule has 2 aromatic carbocycles. The molecule has 0 atom stereocenters. The van der Waals surface area contributed by atoms with Crippen molar-refractivity contribution in [1.82, 2.24) is 9.80 Å². The summed E-state index contributed by atoms with van der Waals surface area (Å²) in [5.41, 5.74) is 2.49. The van der Waals surface area contributed by atoms with Crippen LogP contribution in [-0.4, -0.2) is 88.1 Å². The molecule has 1 aliphatic carbocycles. The maximum Gasteiger partial charge on any atom is 0.291 e. The highest BCUT2D eigenvalue weighted by Gasteiger charge is 2.29. The second kappa shape index (κ2) is 12.1. The van der Waals surface area contributed by atoms with Crippen LogP contribution in [0, 0.1) is 5.92 Å². The van der Waals surface area contributed by atoms with E-state index in [0.717, 1.165) is 76.6 Å². The van der Waals surface area contributed by atoms with Gasteiger partial charge in [0, 0.05) is 81.8 Å². The van der Waals surface area contributed by atoms with Gasteiger partial charge < -0.3 is 34.1 Å². The molecule has 3 aromatic rings. The van der Waals surface area contributed by atoms with Crippen molar-refractivity contribution in [3.8, 4) is 5.75 Å². The second-order valence-electron chi connectivity index (χ2n) is 11.6. The molecule has 0 bridgehead atoms. The number of piperazine rings is 2. The molecule has 10 nitrogen and oxygen atoms in total. The second-order valence-corrected chi connectivity index (χ2v) is 11.6. The summed E-state index contributed by atoms with van der Waals surface area (Å²) in [4.78, 5) is 47.8. The number of fused-ring (bicyclic) bond motifs is 1. The molecule has 3 heterocycles. The fraction of sp³-hybridized carbons (Fsp3) is 0.469. The molecule has 6 rings (SSSR count). The Kier molecular flexibility index (Phi) is 8.06. The van der Waals surface area contributed by atoms with E-state index in [1.807, 2.05) is 35.2 Å². The summed E-state index contributed by atoms with van der Waals surface area (Å²) in [6.45, 7) is 6.35. The van der Waals surface area contributed by atoms with Crippen molar-refractivity contribution in [3.05, 3.63) is 58.4 Å². The molecule has 0 radical (unpaired) electrons. The van der Waals surface area contributed by atoms with Gasteiger partial charge in [0.15, 0.2) is 16.8 Å². The molecule has 0 spiro atoms. The van der Waals surface area contributed by atoms with E-state index >= 15 is 0 Å². The summed E-state index contributed by atoms with van der Waals surface area (Å²) in [6, 6.07) is 12.4. The number of hydrogen-bond donors (Lipinski definition) is 1. The van der Waals surface area contributed by atoms with Crippen LogP contribution in [0.25, 0.3) is 11.0 Å². The van der Waals surface area contributed by atoms with E-state index in [1.54, 1.807) is 13.2 Å². The largest absolute Gasteiger partial charge is 0.497 e. The predicted octanol–water partition coefficient (Wildman–Crippen LogP) is 3.64. The third kappa shape index (κ3) is 5.81. The Morgan fingerprint density at radius 2 is 1.55 bits per heavy atom. The number of nitrogens with one attached hydrogen (secondary N) is 1. The van der Waals surface area contributed by atoms with E-state index in [9.17, 15) is 14.4 Å². The summed E-state index contributed by atoms with van der Waals surface area (Å²) in [6.07, 6.45) is 4.39. The first kappa shape index (κ1) is 28.1. The number of carbonyl (C=O) groups excluding carboxylic acids is 2. The average molecular weight is 574 g/mol. The number of methoxy groups -OCH3 is 1. The molecule has 222 valence electrons. The number of anilines is 3. The lowest BCUT2D eigenvalue weighted by Gasteiger charge is -2.37. The van der Waals surface area contributed by atoms with Crippen LogP contribution in [0.3, 0.4) is 0 Å². The fourth-order valence-electron chi connectivity index (χ4n) is 6.29. The maximum absolute atomic E-state index is 13.2. The van der Waals surface area contributed by atoms with Crippen LogP contribution < -0.4 is 25.3 Å². The lowest BCUT2D eigenvalue weighted by atomic mass is 10.1. The highest BCUT2D eigenvalue weighted by Crippen LogP contribution is 2.32. The van der Waals surface area contributed by atoms with Crippen LogP contribution in [0.2, 0.25) is 0 Å². The Hall–Kier alpha value is -4.05. The zero-order valence-electron chi connectivity index (χ0n) is 24.4. The van der Waals surface area contributed by atoms with Crippen molar-refractivity contribution >= 4 is 39.8 Å². The van der Waals surface area contributed by atoms with Gasteiger partial charge in [0.1, 0.15) is 5.75 Å². The van der Waals surface area contributed by atoms with Crippen LogP contribution in [0.15, 0.2) is 51.7 Å². The number of nitrogens with zero attached hydrogens (tertiary/aromatic N) is 4. The molecular weight excluding hydrogens is 534 g/mol. The first-order valence-corrected chi connectivity index (χ1v) is 14.9. The summed E-state index contributed by atoms with van der Waals surface area (Å²) in [5.74, 6) is 0.581. The van der Waals surface area contributed by atoms with E-state index in [2.05, 4.69) is 27.1 Å². The first-order valence-electron chi connectivity index (χ1n) is 14.9. The van der Waals surface area contributed by atoms with Crippen LogP contribution in [0.1, 0.15) is 36.2 Å². The smallest absolute Gasteiger partial charge is 0.291 e. The molecule has 0 unspecified atom stereocenters. The lowest BCUT2D eigenvalue weighted by molar-refractivity contribution is -0.135. The number of ether oxygens (including phenoxy) is 1. The molecule has 2 saturated heterocycles. The summed E-state index contributed by atoms with van der Waals surface area (Å²) in [7, 11) is 3.65. The number of likely N-dealkylation sites (N-methyl/N-ethyl adjacent to an activating group) is 1. The molecule has 1 saturated carbocycles. The minimum absolute atomic E-state index is 0.0415. The van der Waals surface area contributed by atoms with Crippen molar-refractivity contribution in [3.63, 3.8) is 0 Å². The number of carbonyl (C=O) groups is 2. The van der Waals surface area contributed by atoms with Gasteiger partial charge in [-0.2, -0.15) is 0 Å². The molecule has 1 N–H and O–H groups in total. The van der Waals surface area contributed by atoms with E-state index in [0.29, 0.717) is 28.3 Å². The average Bonchev–Trinajstić information content (AvgIpc) is 3.56. The molecule has 3 fully saturated rings. The highest BCUT2D eigenvalue weighted by molar-refractivity contribution is 6.03. The van der Waals surface area contributed by atoms with Crippen LogP contribution in [-0.2, 0) is 4.79 Å². The number of benzene rings is 2. The van der Waals surface area contributed by atoms with Gasteiger partial charge in [-0.25, -0.2) is 0 Å². The Bertz CT molecular complexity index is 1500. The van der Waals surface area contributed by atoms with E-state index < -0.39 is 5.91 Å². The van der Waals surface area contributed by atoms with Gasteiger partial charge in [0.2, 0.25) is 5.91 Å². The SMILES string of the molecule is COc1cc(N2CCN(C)CC2)c2oc(C(=O)Nc3ccc(N4CCN(C(=O)C5CCCC5)CC4)cc3)cc(=O)c2c1. The third-order valence-corrected chi connectivity index (χ3v) is 8.87. The molecule has 3 aliphatic rings. The van der Waals surface area contributed by atoms with Crippen molar-refractivity contribution < 1.29 is 18.7 Å². The minimum Gasteiger partial charge on any atom is -0.497 e. The Labute approximate surface area is 245 Å². The topological polar surface area (TPSA) is 98.6 Å². The first-order chi connectivity index (χ1) is 20.4. The number of hydrogen-bond acceptors (Lipinski definition) is 8. The lowest BCUT2D eigenvalue weighted by Crippen LogP contribution is -2.50. The Morgan fingerprint density at radius 1 is 0.881 bits per heavy atom. The van der Waals surface area contributed by atoms with E-state index in [4.69, 9.17) is 9.15 Å². The van der Waals surface area contributed by atoms with Gasteiger partial charge >= 0.3 is 0 Å². The van der Waals surface area contributed by atoms with Gasteiger partial charge in [-0.05, 0) is 50.2 Å². The van der Waals surface area contributed by atoms with Crippen molar-refractivity contribution in [2.24, 2.45) is 5.92 Å². The molecule has 42 heavy (non-hydrogen) atoms. The fourth-order valence-corrected chi connectivity index (χ4v) is 6.29. The summed E-state index contributed by atoms with van der Waals surface area (Å²) < 4.78 is 11.6. The van der Waals surface area contributed by atoms with Gasteiger partial charge in [-0.1, -0.05) is 12.8 Å².